The lowest BCUT2D eigenvalue weighted by Crippen LogP contribution is -2.00. The van der Waals surface area contributed by atoms with Crippen LogP contribution in [0, 0.1) is 0 Å². The zero-order chi connectivity index (χ0) is 36.7. The molecule has 0 amide bonds. The van der Waals surface area contributed by atoms with Gasteiger partial charge >= 0.3 is 0 Å². The van der Waals surface area contributed by atoms with Crippen LogP contribution in [0.2, 0.25) is 0 Å². The molecule has 0 aliphatic rings. The van der Waals surface area contributed by atoms with E-state index in [0.717, 1.165) is 76.6 Å². The molecule has 6 nitrogen and oxygen atoms in total. The summed E-state index contributed by atoms with van der Waals surface area (Å²) in [6.45, 7) is 0. The van der Waals surface area contributed by atoms with E-state index in [9.17, 15) is 0 Å². The first kappa shape index (κ1) is 30.7. The van der Waals surface area contributed by atoms with Crippen LogP contribution in [0.5, 0.6) is 0 Å². The molecule has 260 valence electrons. The quantitative estimate of drug-likeness (QED) is 0.169. The van der Waals surface area contributed by atoms with Gasteiger partial charge in [-0.25, -0.2) is 19.9 Å². The van der Waals surface area contributed by atoms with E-state index >= 15 is 0 Å². The van der Waals surface area contributed by atoms with Crippen molar-refractivity contribution in [2.24, 2.45) is 0 Å². The molecule has 0 radical (unpaired) electrons. The predicted molar refractivity (Wildman–Crippen MR) is 226 cm³/mol. The minimum absolute atomic E-state index is 0.573. The van der Waals surface area contributed by atoms with Crippen LogP contribution in [-0.2, 0) is 0 Å². The van der Waals surface area contributed by atoms with Gasteiger partial charge in [0.1, 0.15) is 16.7 Å². The van der Waals surface area contributed by atoms with Gasteiger partial charge in [0.05, 0.1) is 5.39 Å². The molecule has 0 spiro atoms. The molecule has 0 saturated carbocycles. The van der Waals surface area contributed by atoms with Gasteiger partial charge in [0.25, 0.3) is 0 Å². The van der Waals surface area contributed by atoms with Gasteiger partial charge in [-0.15, -0.1) is 0 Å². The Balaban J connectivity index is 1.10. The van der Waals surface area contributed by atoms with Crippen molar-refractivity contribution in [3.8, 4) is 45.6 Å². The van der Waals surface area contributed by atoms with E-state index in [1.807, 2.05) is 48.5 Å². The zero-order valence-corrected chi connectivity index (χ0v) is 29.8. The third kappa shape index (κ3) is 4.76. The number of nitrogens with zero attached hydrogens (tertiary/aromatic N) is 4. The van der Waals surface area contributed by atoms with Gasteiger partial charge in [0.2, 0.25) is 5.89 Å². The Morgan fingerprint density at radius 1 is 0.339 bits per heavy atom. The fourth-order valence-electron chi connectivity index (χ4n) is 8.22. The lowest BCUT2D eigenvalue weighted by Gasteiger charge is -2.12. The monoisotopic (exact) mass is 716 g/mol. The fraction of sp³-hybridized carbons (Fsp3) is 0. The van der Waals surface area contributed by atoms with Crippen LogP contribution >= 0.6 is 0 Å². The van der Waals surface area contributed by atoms with Crippen molar-refractivity contribution >= 4 is 76.1 Å². The molecule has 0 atom stereocenters. The summed E-state index contributed by atoms with van der Waals surface area (Å²) in [6, 6.07) is 58.4. The minimum Gasteiger partial charge on any atom is -0.456 e. The van der Waals surface area contributed by atoms with Crippen LogP contribution in [0.3, 0.4) is 0 Å². The van der Waals surface area contributed by atoms with E-state index in [4.69, 9.17) is 28.8 Å². The average Bonchev–Trinajstić information content (AvgIpc) is 3.88. The second kappa shape index (κ2) is 11.9. The molecule has 6 heteroatoms. The Morgan fingerprint density at radius 2 is 0.911 bits per heavy atom. The van der Waals surface area contributed by atoms with Gasteiger partial charge in [-0.2, -0.15) is 0 Å². The number of furan rings is 1. The van der Waals surface area contributed by atoms with E-state index < -0.39 is 0 Å². The summed E-state index contributed by atoms with van der Waals surface area (Å²) < 4.78 is 13.0. The van der Waals surface area contributed by atoms with Crippen molar-refractivity contribution in [3.05, 3.63) is 170 Å². The van der Waals surface area contributed by atoms with Crippen molar-refractivity contribution in [2.75, 3.05) is 0 Å². The number of benzene rings is 9. The summed E-state index contributed by atoms with van der Waals surface area (Å²) in [6.07, 6.45) is 0. The molecule has 56 heavy (non-hydrogen) atoms. The number of rotatable bonds is 4. The number of hydrogen-bond donors (Lipinski definition) is 0. The van der Waals surface area contributed by atoms with Crippen LogP contribution in [0.15, 0.2) is 179 Å². The summed E-state index contributed by atoms with van der Waals surface area (Å²) in [5.74, 6) is 2.38. The molecule has 0 bridgehead atoms. The largest absolute Gasteiger partial charge is 0.456 e. The number of oxazole rings is 1. The first-order chi connectivity index (χ1) is 27.7. The molecule has 0 aliphatic heterocycles. The van der Waals surface area contributed by atoms with Gasteiger partial charge in [0, 0.05) is 27.6 Å². The smallest absolute Gasteiger partial charge is 0.227 e. The standard InChI is InChI=1S/C50H28N4O2/c1-2-11-33(12-3-1)50-51-41-24-26-43-45(46(41)56-50)44-40-28-35(22-20-32(40)23-25-42(44)55-43)48-52-47(53-49(54-48)38-16-8-13-29-9-4-6-14-36(29)38)34-21-19-31-18-17-30-10-5-7-15-37(30)39(31)27-34/h1-28H. The number of fused-ring (bicyclic) bond motifs is 11. The Kier molecular flexibility index (Phi) is 6.53. The predicted octanol–water partition coefficient (Wildman–Crippen LogP) is 13.2. The first-order valence-corrected chi connectivity index (χ1v) is 18.6. The Bertz CT molecular complexity index is 3540. The topological polar surface area (TPSA) is 77.8 Å². The molecular weight excluding hydrogens is 689 g/mol. The van der Waals surface area contributed by atoms with Crippen molar-refractivity contribution in [1.82, 2.24) is 19.9 Å². The van der Waals surface area contributed by atoms with Crippen molar-refractivity contribution < 1.29 is 8.83 Å². The van der Waals surface area contributed by atoms with Crippen LogP contribution in [0.4, 0.5) is 0 Å². The van der Waals surface area contributed by atoms with E-state index in [2.05, 4.69) is 121 Å². The Labute approximate surface area is 319 Å². The number of aromatic nitrogens is 4. The van der Waals surface area contributed by atoms with Gasteiger partial charge in [0.15, 0.2) is 23.1 Å². The molecule has 12 aromatic rings. The van der Waals surface area contributed by atoms with Crippen LogP contribution in [0.1, 0.15) is 0 Å². The van der Waals surface area contributed by atoms with Gasteiger partial charge in [-0.3, -0.25) is 0 Å². The molecule has 3 heterocycles. The van der Waals surface area contributed by atoms with Crippen molar-refractivity contribution in [1.29, 1.82) is 0 Å². The molecular formula is C50H28N4O2. The highest BCUT2D eigenvalue weighted by atomic mass is 16.4. The second-order valence-electron chi connectivity index (χ2n) is 14.2. The fourth-order valence-corrected chi connectivity index (χ4v) is 8.22. The maximum Gasteiger partial charge on any atom is 0.227 e. The first-order valence-electron chi connectivity index (χ1n) is 18.6. The van der Waals surface area contributed by atoms with E-state index in [0.29, 0.717) is 28.9 Å². The summed E-state index contributed by atoms with van der Waals surface area (Å²) in [4.78, 5) is 20.5. The Morgan fingerprint density at radius 3 is 1.71 bits per heavy atom. The van der Waals surface area contributed by atoms with Crippen molar-refractivity contribution in [2.45, 2.75) is 0 Å². The molecule has 9 aromatic carbocycles. The van der Waals surface area contributed by atoms with Gasteiger partial charge in [-0.1, -0.05) is 127 Å². The highest BCUT2D eigenvalue weighted by Crippen LogP contribution is 2.41. The summed E-state index contributed by atoms with van der Waals surface area (Å²) in [7, 11) is 0. The van der Waals surface area contributed by atoms with Crippen LogP contribution in [-0.4, -0.2) is 19.9 Å². The van der Waals surface area contributed by atoms with Crippen LogP contribution < -0.4 is 0 Å². The normalized spacial score (nSPS) is 11.9. The van der Waals surface area contributed by atoms with E-state index in [-0.39, 0.29) is 0 Å². The minimum atomic E-state index is 0.573. The van der Waals surface area contributed by atoms with E-state index in [1.165, 1.54) is 16.2 Å². The van der Waals surface area contributed by atoms with Crippen LogP contribution in [0.25, 0.3) is 122 Å². The lowest BCUT2D eigenvalue weighted by molar-refractivity contribution is 0.622. The molecule has 0 unspecified atom stereocenters. The summed E-state index contributed by atoms with van der Waals surface area (Å²) in [5, 5.41) is 10.8. The Hall–Kier alpha value is -7.70. The maximum absolute atomic E-state index is 6.52. The SMILES string of the molecule is c1ccc(-c2nc3ccc4oc5ccc6ccc(-c7nc(-c8ccc9ccc%10ccccc%10c9c8)nc(-c8cccc9ccccc89)n7)cc6c5c4c3o2)cc1. The van der Waals surface area contributed by atoms with E-state index in [1.54, 1.807) is 0 Å². The summed E-state index contributed by atoms with van der Waals surface area (Å²) >= 11 is 0. The molecule has 3 aromatic heterocycles. The van der Waals surface area contributed by atoms with Crippen molar-refractivity contribution in [3.63, 3.8) is 0 Å². The highest BCUT2D eigenvalue weighted by molar-refractivity contribution is 6.25. The average molecular weight is 717 g/mol. The maximum atomic E-state index is 6.52. The summed E-state index contributed by atoms with van der Waals surface area (Å²) in [5.41, 5.74) is 6.64. The molecule has 0 N–H and O–H groups in total. The van der Waals surface area contributed by atoms with Gasteiger partial charge in [-0.05, 0) is 85.6 Å². The molecule has 0 fully saturated rings. The van der Waals surface area contributed by atoms with Gasteiger partial charge < -0.3 is 8.83 Å². The number of hydrogen-bond acceptors (Lipinski definition) is 6. The third-order valence-electron chi connectivity index (χ3n) is 10.9. The zero-order valence-electron chi connectivity index (χ0n) is 29.8. The second-order valence-corrected chi connectivity index (χ2v) is 14.2. The third-order valence-corrected chi connectivity index (χ3v) is 10.9. The lowest BCUT2D eigenvalue weighted by atomic mass is 9.99. The molecule has 0 aliphatic carbocycles. The molecule has 12 rings (SSSR count). The highest BCUT2D eigenvalue weighted by Gasteiger charge is 2.20. The molecule has 0 saturated heterocycles.